The van der Waals surface area contributed by atoms with Crippen LogP contribution in [0.3, 0.4) is 0 Å². The summed E-state index contributed by atoms with van der Waals surface area (Å²) in [7, 11) is 0. The first-order chi connectivity index (χ1) is 9.51. The average molecular weight is 309 g/mol. The van der Waals surface area contributed by atoms with Crippen LogP contribution < -0.4 is 11.1 Å². The lowest BCUT2D eigenvalue weighted by Gasteiger charge is -2.16. The number of nitrogens with one attached hydrogen (secondary N) is 1. The molecule has 1 amide bonds. The third-order valence-corrected chi connectivity index (χ3v) is 2.47. The van der Waals surface area contributed by atoms with Gasteiger partial charge in [-0.25, -0.2) is 4.39 Å². The first-order valence-electron chi connectivity index (χ1n) is 5.62. The normalized spacial score (nSPS) is 12.8. The van der Waals surface area contributed by atoms with Gasteiger partial charge in [-0.1, -0.05) is 0 Å². The molecule has 1 rings (SSSR count). The Balaban J connectivity index is 3.02. The lowest BCUT2D eigenvalue weighted by Crippen LogP contribution is -2.36. The van der Waals surface area contributed by atoms with Crippen LogP contribution in [0.1, 0.15) is 23.7 Å². The lowest BCUT2D eigenvalue weighted by atomic mass is 10.1. The molecule has 0 aromatic heterocycles. The molecule has 1 aromatic rings. The maximum absolute atomic E-state index is 13.2. The summed E-state index contributed by atoms with van der Waals surface area (Å²) in [6, 6.07) is -0.148. The van der Waals surface area contributed by atoms with E-state index in [1.54, 1.807) is 0 Å². The standard InChI is InChI=1S/C11H11F4N3O3/c1-5(4-11(13,14)15)17-10(19)6-2-8(16)7(12)3-9(6)18(20)21/h2-3,5H,4,16H2,1H3,(H,17,19). The van der Waals surface area contributed by atoms with E-state index < -0.39 is 52.2 Å². The summed E-state index contributed by atoms with van der Waals surface area (Å²) < 4.78 is 49.6. The Kier molecular flexibility index (Phi) is 4.71. The largest absolute Gasteiger partial charge is 0.396 e. The van der Waals surface area contributed by atoms with E-state index in [0.29, 0.717) is 12.1 Å². The van der Waals surface area contributed by atoms with Crippen LogP contribution in [-0.4, -0.2) is 23.0 Å². The van der Waals surface area contributed by atoms with Crippen molar-refractivity contribution in [2.45, 2.75) is 25.6 Å². The number of nitro benzene ring substituents is 1. The molecule has 0 aliphatic heterocycles. The van der Waals surface area contributed by atoms with E-state index in [9.17, 15) is 32.5 Å². The number of nitrogen functional groups attached to an aromatic ring is 1. The van der Waals surface area contributed by atoms with Gasteiger partial charge < -0.3 is 11.1 Å². The number of carbonyl (C=O) groups excluding carboxylic acids is 1. The highest BCUT2D eigenvalue weighted by molar-refractivity contribution is 5.99. The van der Waals surface area contributed by atoms with Crippen LogP contribution in [0.25, 0.3) is 0 Å². The van der Waals surface area contributed by atoms with Gasteiger partial charge in [-0.2, -0.15) is 13.2 Å². The van der Waals surface area contributed by atoms with Gasteiger partial charge in [0, 0.05) is 6.04 Å². The van der Waals surface area contributed by atoms with Gasteiger partial charge in [0.1, 0.15) is 5.56 Å². The molecule has 0 saturated heterocycles. The molecule has 1 aromatic carbocycles. The second-order valence-corrected chi connectivity index (χ2v) is 4.34. The highest BCUT2D eigenvalue weighted by Crippen LogP contribution is 2.25. The van der Waals surface area contributed by atoms with Crippen LogP contribution in [0.2, 0.25) is 0 Å². The van der Waals surface area contributed by atoms with Crippen molar-refractivity contribution >= 4 is 17.3 Å². The number of alkyl halides is 3. The second-order valence-electron chi connectivity index (χ2n) is 4.34. The zero-order chi connectivity index (χ0) is 16.4. The van der Waals surface area contributed by atoms with Crippen LogP contribution >= 0.6 is 0 Å². The Hall–Kier alpha value is -2.39. The number of halogens is 4. The molecule has 1 atom stereocenters. The molecule has 0 aliphatic carbocycles. The van der Waals surface area contributed by atoms with Crippen molar-refractivity contribution in [2.24, 2.45) is 0 Å². The van der Waals surface area contributed by atoms with E-state index in [4.69, 9.17) is 5.73 Å². The molecule has 116 valence electrons. The van der Waals surface area contributed by atoms with Gasteiger partial charge in [-0.15, -0.1) is 0 Å². The number of amides is 1. The third kappa shape index (κ3) is 4.58. The summed E-state index contributed by atoms with van der Waals surface area (Å²) in [5, 5.41) is 12.7. The first-order valence-corrected chi connectivity index (χ1v) is 5.62. The van der Waals surface area contributed by atoms with Crippen LogP contribution in [0.4, 0.5) is 28.9 Å². The van der Waals surface area contributed by atoms with Gasteiger partial charge in [0.25, 0.3) is 11.6 Å². The Morgan fingerprint density at radius 2 is 2.05 bits per heavy atom. The maximum atomic E-state index is 13.2. The fourth-order valence-corrected chi connectivity index (χ4v) is 1.61. The van der Waals surface area contributed by atoms with Gasteiger partial charge in [0.05, 0.1) is 23.1 Å². The van der Waals surface area contributed by atoms with Gasteiger partial charge in [-0.3, -0.25) is 14.9 Å². The van der Waals surface area contributed by atoms with Gasteiger partial charge in [0.15, 0.2) is 5.82 Å². The first kappa shape index (κ1) is 16.7. The summed E-state index contributed by atoms with van der Waals surface area (Å²) >= 11 is 0. The van der Waals surface area contributed by atoms with Crippen LogP contribution in [0.15, 0.2) is 12.1 Å². The van der Waals surface area contributed by atoms with E-state index in [-0.39, 0.29) is 0 Å². The van der Waals surface area contributed by atoms with Crippen molar-refractivity contribution in [3.8, 4) is 0 Å². The summed E-state index contributed by atoms with van der Waals surface area (Å²) in [4.78, 5) is 21.5. The number of nitrogens with two attached hydrogens (primary N) is 1. The molecule has 6 nitrogen and oxygen atoms in total. The molecule has 21 heavy (non-hydrogen) atoms. The van der Waals surface area contributed by atoms with Crippen molar-refractivity contribution in [1.82, 2.24) is 5.32 Å². The molecule has 1 unspecified atom stereocenters. The third-order valence-electron chi connectivity index (χ3n) is 2.47. The second kappa shape index (κ2) is 5.94. The smallest absolute Gasteiger partial charge is 0.391 e. The zero-order valence-corrected chi connectivity index (χ0v) is 10.7. The number of hydrogen-bond acceptors (Lipinski definition) is 4. The van der Waals surface area contributed by atoms with Crippen molar-refractivity contribution in [1.29, 1.82) is 0 Å². The molecule has 0 fully saturated rings. The Morgan fingerprint density at radius 3 is 2.52 bits per heavy atom. The topological polar surface area (TPSA) is 98.3 Å². The number of carbonyl (C=O) groups is 1. The van der Waals surface area contributed by atoms with Crippen molar-refractivity contribution in [3.05, 3.63) is 33.6 Å². The molecule has 3 N–H and O–H groups in total. The number of nitrogens with zero attached hydrogens (tertiary/aromatic N) is 1. The maximum Gasteiger partial charge on any atom is 0.391 e. The minimum absolute atomic E-state index is 0.443. The van der Waals surface area contributed by atoms with E-state index >= 15 is 0 Å². The average Bonchev–Trinajstić information content (AvgIpc) is 2.28. The monoisotopic (exact) mass is 309 g/mol. The molecule has 0 heterocycles. The molecule has 0 aliphatic rings. The van der Waals surface area contributed by atoms with Crippen molar-refractivity contribution in [3.63, 3.8) is 0 Å². The molecular formula is C11H11F4N3O3. The van der Waals surface area contributed by atoms with Crippen molar-refractivity contribution < 1.29 is 27.3 Å². The minimum Gasteiger partial charge on any atom is -0.396 e. The molecule has 0 saturated carbocycles. The fraction of sp³-hybridized carbons (Fsp3) is 0.364. The fourth-order valence-electron chi connectivity index (χ4n) is 1.61. The molecule has 0 radical (unpaired) electrons. The van der Waals surface area contributed by atoms with Crippen LogP contribution in [0, 0.1) is 15.9 Å². The van der Waals surface area contributed by atoms with E-state index in [1.807, 2.05) is 5.32 Å². The number of anilines is 1. The highest BCUT2D eigenvalue weighted by Gasteiger charge is 2.31. The quantitative estimate of drug-likeness (QED) is 0.386. The lowest BCUT2D eigenvalue weighted by molar-refractivity contribution is -0.385. The Labute approximate surface area is 116 Å². The molecule has 0 bridgehead atoms. The van der Waals surface area contributed by atoms with Gasteiger partial charge >= 0.3 is 6.18 Å². The zero-order valence-electron chi connectivity index (χ0n) is 10.7. The van der Waals surface area contributed by atoms with E-state index in [0.717, 1.165) is 6.92 Å². The summed E-state index contributed by atoms with van der Waals surface area (Å²) in [5.74, 6) is -2.23. The minimum atomic E-state index is -4.50. The number of benzene rings is 1. The Morgan fingerprint density at radius 1 is 1.48 bits per heavy atom. The Bertz CT molecular complexity index is 575. The number of nitro groups is 1. The highest BCUT2D eigenvalue weighted by atomic mass is 19.4. The molecule has 10 heteroatoms. The summed E-state index contributed by atoms with van der Waals surface area (Å²) in [6.45, 7) is 1.09. The van der Waals surface area contributed by atoms with Gasteiger partial charge in [0.2, 0.25) is 0 Å². The summed E-state index contributed by atoms with van der Waals surface area (Å²) in [6.07, 6.45) is -5.80. The van der Waals surface area contributed by atoms with E-state index in [1.165, 1.54) is 0 Å². The van der Waals surface area contributed by atoms with Crippen LogP contribution in [-0.2, 0) is 0 Å². The van der Waals surface area contributed by atoms with E-state index in [2.05, 4.69) is 0 Å². The molecule has 0 spiro atoms. The SMILES string of the molecule is CC(CC(F)(F)F)NC(=O)c1cc(N)c(F)cc1[N+](=O)[O-]. The molecular weight excluding hydrogens is 298 g/mol. The number of hydrogen-bond donors (Lipinski definition) is 2. The van der Waals surface area contributed by atoms with Crippen LogP contribution in [0.5, 0.6) is 0 Å². The predicted octanol–water partition coefficient (Wildman–Crippen LogP) is 2.39. The van der Waals surface area contributed by atoms with Gasteiger partial charge in [-0.05, 0) is 13.0 Å². The predicted molar refractivity (Wildman–Crippen MR) is 65.1 cm³/mol. The summed E-state index contributed by atoms with van der Waals surface area (Å²) in [5.41, 5.74) is 3.20. The van der Waals surface area contributed by atoms with Crippen molar-refractivity contribution in [2.75, 3.05) is 5.73 Å². The number of rotatable bonds is 4.